The molecule has 0 fully saturated rings. The van der Waals surface area contributed by atoms with E-state index in [1.165, 1.54) is 6.07 Å². The first kappa shape index (κ1) is 13.3. The van der Waals surface area contributed by atoms with Gasteiger partial charge in [0.25, 0.3) is 5.69 Å². The van der Waals surface area contributed by atoms with Crippen LogP contribution >= 0.6 is 11.6 Å². The van der Waals surface area contributed by atoms with Crippen molar-refractivity contribution in [2.24, 2.45) is 0 Å². The number of hydrogen-bond acceptors (Lipinski definition) is 4. The Bertz CT molecular complexity index is 836. The maximum Gasteiger partial charge on any atom is 0.277 e. The van der Waals surface area contributed by atoms with Crippen molar-refractivity contribution in [3.63, 3.8) is 0 Å². The third kappa shape index (κ3) is 2.64. The molecule has 3 aromatic rings. The highest BCUT2D eigenvalue weighted by molar-refractivity contribution is 6.29. The minimum Gasteiger partial charge on any atom is -0.438 e. The number of nitrogens with zero attached hydrogens (tertiary/aromatic N) is 2. The van der Waals surface area contributed by atoms with Crippen LogP contribution in [0.5, 0.6) is 11.6 Å². The van der Waals surface area contributed by atoms with Gasteiger partial charge in [0.15, 0.2) is 0 Å². The van der Waals surface area contributed by atoms with Gasteiger partial charge in [-0.25, -0.2) is 4.98 Å². The van der Waals surface area contributed by atoms with Crippen molar-refractivity contribution in [3.8, 4) is 11.6 Å². The molecule has 5 nitrogen and oxygen atoms in total. The minimum absolute atomic E-state index is 0.0389. The lowest BCUT2D eigenvalue weighted by Crippen LogP contribution is -1.93. The molecule has 0 atom stereocenters. The molecule has 0 unspecified atom stereocenters. The van der Waals surface area contributed by atoms with E-state index >= 15 is 0 Å². The Kier molecular flexibility index (Phi) is 3.41. The van der Waals surface area contributed by atoms with Crippen LogP contribution in [0.3, 0.4) is 0 Å². The average Bonchev–Trinajstić information content (AvgIpc) is 2.47. The number of benzene rings is 2. The molecule has 1 heterocycles. The number of ether oxygens (including phenoxy) is 1. The third-order valence-electron chi connectivity index (χ3n) is 2.96. The molecule has 1 aromatic heterocycles. The summed E-state index contributed by atoms with van der Waals surface area (Å²) in [5, 5.41) is 12.5. The number of nitro groups is 1. The quantitative estimate of drug-likeness (QED) is 0.403. The fraction of sp³-hybridized carbons (Fsp3) is 0. The number of nitro benzene ring substituents is 1. The number of rotatable bonds is 3. The SMILES string of the molecule is O=[N+]([O-])c1ccc(Oc2cccc(Cl)n2)c2ccccc12. The Balaban J connectivity index is 2.12. The molecule has 104 valence electrons. The van der Waals surface area contributed by atoms with E-state index in [1.54, 1.807) is 48.5 Å². The Morgan fingerprint density at radius 1 is 1.00 bits per heavy atom. The lowest BCUT2D eigenvalue weighted by Gasteiger charge is -2.08. The van der Waals surface area contributed by atoms with Crippen LogP contribution in [0.15, 0.2) is 54.6 Å². The standard InChI is InChI=1S/C15H9ClN2O3/c16-14-6-3-7-15(17-14)21-13-9-8-12(18(19)20)10-4-1-2-5-11(10)13/h1-9H. The van der Waals surface area contributed by atoms with Crippen molar-refractivity contribution in [2.45, 2.75) is 0 Å². The summed E-state index contributed by atoms with van der Waals surface area (Å²) in [4.78, 5) is 14.7. The summed E-state index contributed by atoms with van der Waals surface area (Å²) < 4.78 is 5.69. The molecule has 6 heteroatoms. The molecule has 0 saturated carbocycles. The molecule has 0 bridgehead atoms. The number of non-ortho nitro benzene ring substituents is 1. The second kappa shape index (κ2) is 5.38. The Labute approximate surface area is 124 Å². The molecule has 0 aliphatic rings. The van der Waals surface area contributed by atoms with Crippen molar-refractivity contribution in [2.75, 3.05) is 0 Å². The first-order chi connectivity index (χ1) is 10.1. The van der Waals surface area contributed by atoms with Gasteiger partial charge in [-0.2, -0.15) is 0 Å². The minimum atomic E-state index is -0.413. The van der Waals surface area contributed by atoms with E-state index in [0.29, 0.717) is 27.6 Å². The van der Waals surface area contributed by atoms with Crippen LogP contribution in [-0.2, 0) is 0 Å². The van der Waals surface area contributed by atoms with Gasteiger partial charge in [0.1, 0.15) is 10.9 Å². The molecule has 3 rings (SSSR count). The summed E-state index contributed by atoms with van der Waals surface area (Å²) in [5.74, 6) is 0.826. The smallest absolute Gasteiger partial charge is 0.277 e. The van der Waals surface area contributed by atoms with E-state index in [4.69, 9.17) is 16.3 Å². The van der Waals surface area contributed by atoms with Crippen molar-refractivity contribution in [3.05, 3.63) is 69.9 Å². The number of halogens is 1. The summed E-state index contributed by atoms with van der Waals surface area (Å²) in [6, 6.07) is 15.0. The van der Waals surface area contributed by atoms with E-state index in [1.807, 2.05) is 0 Å². The molecule has 21 heavy (non-hydrogen) atoms. The predicted molar refractivity (Wildman–Crippen MR) is 79.9 cm³/mol. The van der Waals surface area contributed by atoms with Crippen LogP contribution in [0.2, 0.25) is 5.15 Å². The van der Waals surface area contributed by atoms with Crippen LogP contribution in [-0.4, -0.2) is 9.91 Å². The first-order valence-corrected chi connectivity index (χ1v) is 6.49. The summed E-state index contributed by atoms with van der Waals surface area (Å²) in [7, 11) is 0. The van der Waals surface area contributed by atoms with Gasteiger partial charge < -0.3 is 4.74 Å². The highest BCUT2D eigenvalue weighted by Crippen LogP contribution is 2.34. The molecule has 0 radical (unpaired) electrons. The zero-order valence-corrected chi connectivity index (χ0v) is 11.4. The molecule has 0 amide bonds. The molecule has 0 spiro atoms. The average molecular weight is 301 g/mol. The lowest BCUT2D eigenvalue weighted by molar-refractivity contribution is -0.383. The largest absolute Gasteiger partial charge is 0.438 e. The molecular weight excluding hydrogens is 292 g/mol. The summed E-state index contributed by atoms with van der Waals surface area (Å²) in [6.45, 7) is 0. The number of pyridine rings is 1. The molecule has 0 aliphatic heterocycles. The van der Waals surface area contributed by atoms with Crippen LogP contribution in [0.25, 0.3) is 10.8 Å². The summed E-state index contributed by atoms with van der Waals surface area (Å²) in [5.41, 5.74) is 0.0389. The molecule has 0 saturated heterocycles. The Morgan fingerprint density at radius 2 is 1.76 bits per heavy atom. The zero-order chi connectivity index (χ0) is 14.8. The van der Waals surface area contributed by atoms with E-state index in [2.05, 4.69) is 4.98 Å². The fourth-order valence-electron chi connectivity index (χ4n) is 2.06. The van der Waals surface area contributed by atoms with Gasteiger partial charge in [-0.15, -0.1) is 0 Å². The van der Waals surface area contributed by atoms with Crippen molar-refractivity contribution in [1.29, 1.82) is 0 Å². The molecular formula is C15H9ClN2O3. The third-order valence-corrected chi connectivity index (χ3v) is 3.17. The number of hydrogen-bond donors (Lipinski definition) is 0. The van der Waals surface area contributed by atoms with E-state index < -0.39 is 4.92 Å². The van der Waals surface area contributed by atoms with Gasteiger partial charge in [0.2, 0.25) is 5.88 Å². The van der Waals surface area contributed by atoms with Crippen molar-refractivity contribution in [1.82, 2.24) is 4.98 Å². The van der Waals surface area contributed by atoms with E-state index in [-0.39, 0.29) is 5.69 Å². The first-order valence-electron chi connectivity index (χ1n) is 6.12. The van der Waals surface area contributed by atoms with Gasteiger partial charge in [-0.05, 0) is 18.2 Å². The van der Waals surface area contributed by atoms with Gasteiger partial charge in [-0.1, -0.05) is 35.9 Å². The van der Waals surface area contributed by atoms with Gasteiger partial charge >= 0.3 is 0 Å². The fourth-order valence-corrected chi connectivity index (χ4v) is 2.22. The summed E-state index contributed by atoms with van der Waals surface area (Å²) >= 11 is 5.82. The van der Waals surface area contributed by atoms with Gasteiger partial charge in [0, 0.05) is 17.5 Å². The van der Waals surface area contributed by atoms with Crippen LogP contribution < -0.4 is 4.74 Å². The maximum absolute atomic E-state index is 11.1. The van der Waals surface area contributed by atoms with Crippen LogP contribution in [0.4, 0.5) is 5.69 Å². The predicted octanol–water partition coefficient (Wildman–Crippen LogP) is 4.59. The number of fused-ring (bicyclic) bond motifs is 1. The highest BCUT2D eigenvalue weighted by atomic mass is 35.5. The zero-order valence-electron chi connectivity index (χ0n) is 10.7. The number of aromatic nitrogens is 1. The highest BCUT2D eigenvalue weighted by Gasteiger charge is 2.15. The van der Waals surface area contributed by atoms with Gasteiger partial charge in [0.05, 0.1) is 10.3 Å². The monoisotopic (exact) mass is 300 g/mol. The molecule has 0 N–H and O–H groups in total. The topological polar surface area (TPSA) is 65.3 Å². The van der Waals surface area contributed by atoms with Crippen molar-refractivity contribution >= 4 is 28.1 Å². The lowest BCUT2D eigenvalue weighted by atomic mass is 10.1. The van der Waals surface area contributed by atoms with E-state index in [0.717, 1.165) is 0 Å². The Morgan fingerprint density at radius 3 is 2.48 bits per heavy atom. The summed E-state index contributed by atoms with van der Waals surface area (Å²) in [6.07, 6.45) is 0. The molecule has 2 aromatic carbocycles. The Hall–Kier alpha value is -2.66. The normalized spacial score (nSPS) is 10.5. The van der Waals surface area contributed by atoms with Gasteiger partial charge in [-0.3, -0.25) is 10.1 Å². The second-order valence-corrected chi connectivity index (χ2v) is 4.67. The van der Waals surface area contributed by atoms with E-state index in [9.17, 15) is 10.1 Å². The second-order valence-electron chi connectivity index (χ2n) is 4.29. The van der Waals surface area contributed by atoms with Crippen LogP contribution in [0.1, 0.15) is 0 Å². The maximum atomic E-state index is 11.1. The van der Waals surface area contributed by atoms with Crippen molar-refractivity contribution < 1.29 is 9.66 Å². The molecule has 0 aliphatic carbocycles. The van der Waals surface area contributed by atoms with Crippen LogP contribution in [0, 0.1) is 10.1 Å².